The maximum absolute atomic E-state index is 12.7. The number of hydrogen-bond donors (Lipinski definition) is 0. The summed E-state index contributed by atoms with van der Waals surface area (Å²) in [7, 11) is 0. The molecule has 0 aromatic heterocycles. The predicted molar refractivity (Wildman–Crippen MR) is 205 cm³/mol. The molecule has 0 N–H and O–H groups in total. The van der Waals surface area contributed by atoms with E-state index in [4.69, 9.17) is 9.47 Å². The van der Waals surface area contributed by atoms with Gasteiger partial charge in [0.2, 0.25) is 0 Å². The zero-order valence-electron chi connectivity index (χ0n) is 31.0. The van der Waals surface area contributed by atoms with Crippen LogP contribution in [0.1, 0.15) is 169 Å². The van der Waals surface area contributed by atoms with E-state index < -0.39 is 5.97 Å². The lowest BCUT2D eigenvalue weighted by molar-refractivity contribution is 0.0447. The van der Waals surface area contributed by atoms with Crippen LogP contribution in [-0.4, -0.2) is 18.5 Å². The minimum absolute atomic E-state index is 0.322. The molecule has 49 heavy (non-hydrogen) atoms. The summed E-state index contributed by atoms with van der Waals surface area (Å²) in [5.74, 6) is -0.0909. The van der Waals surface area contributed by atoms with Gasteiger partial charge in [0.25, 0.3) is 0 Å². The van der Waals surface area contributed by atoms with Crippen LogP contribution in [0.25, 0.3) is 11.1 Å². The van der Waals surface area contributed by atoms with Gasteiger partial charge in [-0.15, -0.1) is 0 Å². The Balaban J connectivity index is 1.24. The summed E-state index contributed by atoms with van der Waals surface area (Å²) in [4.78, 5) is 24.9. The number of carbonyl (C=O) groups excluding carboxylic acids is 2. The minimum atomic E-state index is -0.432. The minimum Gasteiger partial charge on any atom is -0.462 e. The average Bonchev–Trinajstić information content (AvgIpc) is 3.13. The molecule has 0 aliphatic carbocycles. The molecule has 0 amide bonds. The fourth-order valence-corrected chi connectivity index (χ4v) is 6.14. The molecule has 1 atom stereocenters. The van der Waals surface area contributed by atoms with Crippen molar-refractivity contribution in [1.82, 2.24) is 0 Å². The zero-order valence-corrected chi connectivity index (χ0v) is 31.0. The maximum atomic E-state index is 12.7. The summed E-state index contributed by atoms with van der Waals surface area (Å²) in [5.41, 5.74) is 4.50. The Morgan fingerprint density at radius 2 is 0.918 bits per heavy atom. The molecule has 3 aromatic carbocycles. The number of carbonyl (C=O) groups is 2. The molecule has 0 aliphatic rings. The molecule has 0 spiro atoms. The van der Waals surface area contributed by atoms with Crippen LogP contribution in [0.4, 0.5) is 0 Å². The first-order valence-corrected chi connectivity index (χ1v) is 19.7. The van der Waals surface area contributed by atoms with E-state index in [0.29, 0.717) is 29.4 Å². The van der Waals surface area contributed by atoms with Gasteiger partial charge in [-0.05, 0) is 71.8 Å². The predicted octanol–water partition coefficient (Wildman–Crippen LogP) is 13.4. The van der Waals surface area contributed by atoms with Crippen LogP contribution < -0.4 is 4.74 Å². The Labute approximate surface area is 298 Å². The van der Waals surface area contributed by atoms with E-state index in [2.05, 4.69) is 38.1 Å². The molecule has 0 heterocycles. The molecule has 1 unspecified atom stereocenters. The second kappa shape index (κ2) is 24.7. The third-order valence-electron chi connectivity index (χ3n) is 9.72. The van der Waals surface area contributed by atoms with Crippen LogP contribution in [0.3, 0.4) is 0 Å². The summed E-state index contributed by atoms with van der Waals surface area (Å²) in [6, 6.07) is 22.8. The lowest BCUT2D eigenvalue weighted by Gasteiger charge is -2.10. The van der Waals surface area contributed by atoms with Crippen molar-refractivity contribution in [2.45, 2.75) is 149 Å². The summed E-state index contributed by atoms with van der Waals surface area (Å²) in [5, 5.41) is 0. The van der Waals surface area contributed by atoms with Crippen LogP contribution in [0.5, 0.6) is 5.75 Å². The Hall–Kier alpha value is -3.40. The van der Waals surface area contributed by atoms with Gasteiger partial charge in [-0.2, -0.15) is 0 Å². The van der Waals surface area contributed by atoms with Crippen LogP contribution in [-0.2, 0) is 11.2 Å². The van der Waals surface area contributed by atoms with Crippen molar-refractivity contribution in [3.05, 3.63) is 89.5 Å². The van der Waals surface area contributed by atoms with E-state index in [0.717, 1.165) is 24.0 Å². The number of ether oxygens (including phenoxy) is 2. The highest BCUT2D eigenvalue weighted by Crippen LogP contribution is 2.23. The topological polar surface area (TPSA) is 52.6 Å². The smallest absolute Gasteiger partial charge is 0.343 e. The molecule has 3 aromatic rings. The van der Waals surface area contributed by atoms with E-state index in [1.165, 1.54) is 121 Å². The van der Waals surface area contributed by atoms with E-state index in [1.807, 2.05) is 19.1 Å². The van der Waals surface area contributed by atoms with Crippen LogP contribution in [0, 0.1) is 5.92 Å². The van der Waals surface area contributed by atoms with Crippen molar-refractivity contribution >= 4 is 11.9 Å². The van der Waals surface area contributed by atoms with Gasteiger partial charge in [0.1, 0.15) is 5.75 Å². The molecule has 268 valence electrons. The highest BCUT2D eigenvalue weighted by molar-refractivity contribution is 5.92. The molecular weight excluding hydrogens is 604 g/mol. The first kappa shape index (κ1) is 40.0. The van der Waals surface area contributed by atoms with E-state index >= 15 is 0 Å². The summed E-state index contributed by atoms with van der Waals surface area (Å²) < 4.78 is 10.9. The summed E-state index contributed by atoms with van der Waals surface area (Å²) in [6.45, 7) is 6.79. The van der Waals surface area contributed by atoms with Gasteiger partial charge in [0, 0.05) is 0 Å². The van der Waals surface area contributed by atoms with Crippen molar-refractivity contribution in [3.8, 4) is 16.9 Å². The fourth-order valence-electron chi connectivity index (χ4n) is 6.14. The lowest BCUT2D eigenvalue weighted by Crippen LogP contribution is -2.12. The van der Waals surface area contributed by atoms with E-state index in [9.17, 15) is 9.59 Å². The molecule has 0 radical (unpaired) electrons. The Morgan fingerprint density at radius 1 is 0.510 bits per heavy atom. The Morgan fingerprint density at radius 3 is 1.39 bits per heavy atom. The van der Waals surface area contributed by atoms with Crippen molar-refractivity contribution in [3.63, 3.8) is 0 Å². The summed E-state index contributed by atoms with van der Waals surface area (Å²) >= 11 is 0. The van der Waals surface area contributed by atoms with E-state index in [-0.39, 0.29) is 5.97 Å². The fraction of sp³-hybridized carbons (Fsp3) is 0.556. The lowest BCUT2D eigenvalue weighted by atomic mass is 10.00. The first-order chi connectivity index (χ1) is 24.0. The highest BCUT2D eigenvalue weighted by Gasteiger charge is 2.12. The number of benzene rings is 3. The van der Waals surface area contributed by atoms with Crippen molar-refractivity contribution in [2.24, 2.45) is 5.92 Å². The van der Waals surface area contributed by atoms with Gasteiger partial charge in [0.05, 0.1) is 17.7 Å². The largest absolute Gasteiger partial charge is 0.462 e. The number of aryl methyl sites for hydroxylation is 1. The number of unbranched alkanes of at least 4 members (excludes halogenated alkanes) is 17. The van der Waals surface area contributed by atoms with Gasteiger partial charge in [-0.1, -0.05) is 173 Å². The van der Waals surface area contributed by atoms with Gasteiger partial charge >= 0.3 is 11.9 Å². The molecule has 0 bridgehead atoms. The molecule has 3 rings (SSSR count). The Bertz CT molecular complexity index is 1290. The SMILES string of the molecule is CCCCCCCCCCCCCCCCCCCCc1ccc(-c2ccc(C(=O)Oc3ccc(C(=O)OCC(C)CC)cc3)cc2)cc1. The Kier molecular flexibility index (Phi) is 20.2. The zero-order chi connectivity index (χ0) is 34.9. The molecule has 0 aliphatic heterocycles. The second-order valence-electron chi connectivity index (χ2n) is 14.1. The molecular formula is C45H64O4. The highest BCUT2D eigenvalue weighted by atomic mass is 16.5. The third-order valence-corrected chi connectivity index (χ3v) is 9.72. The van der Waals surface area contributed by atoms with Crippen molar-refractivity contribution < 1.29 is 19.1 Å². The van der Waals surface area contributed by atoms with Crippen molar-refractivity contribution in [1.29, 1.82) is 0 Å². The van der Waals surface area contributed by atoms with Crippen molar-refractivity contribution in [2.75, 3.05) is 6.61 Å². The van der Waals surface area contributed by atoms with Gasteiger partial charge in [0.15, 0.2) is 0 Å². The van der Waals surface area contributed by atoms with E-state index in [1.54, 1.807) is 36.4 Å². The second-order valence-corrected chi connectivity index (χ2v) is 14.1. The van der Waals surface area contributed by atoms with Gasteiger partial charge in [-0.25, -0.2) is 9.59 Å². The molecule has 0 fully saturated rings. The molecule has 0 saturated carbocycles. The van der Waals surface area contributed by atoms with Crippen LogP contribution in [0.2, 0.25) is 0 Å². The normalized spacial score (nSPS) is 11.7. The number of esters is 2. The maximum Gasteiger partial charge on any atom is 0.343 e. The first-order valence-electron chi connectivity index (χ1n) is 19.7. The monoisotopic (exact) mass is 668 g/mol. The molecule has 4 nitrogen and oxygen atoms in total. The number of rotatable bonds is 26. The van der Waals surface area contributed by atoms with Crippen LogP contribution >= 0.6 is 0 Å². The van der Waals surface area contributed by atoms with Gasteiger partial charge < -0.3 is 9.47 Å². The summed E-state index contributed by atoms with van der Waals surface area (Å²) in [6.07, 6.45) is 27.3. The molecule has 4 heteroatoms. The van der Waals surface area contributed by atoms with Crippen LogP contribution in [0.15, 0.2) is 72.8 Å². The third kappa shape index (κ3) is 16.7. The van der Waals surface area contributed by atoms with Gasteiger partial charge in [-0.3, -0.25) is 0 Å². The number of hydrogen-bond acceptors (Lipinski definition) is 4. The average molecular weight is 669 g/mol. The molecule has 0 saturated heterocycles. The standard InChI is InChI=1S/C45H64O4/c1-4-6-7-8-9-10-11-12-13-14-15-16-17-18-19-20-21-22-23-38-24-26-39(27-25-38)40-28-30-42(31-29-40)45(47)49-43-34-32-41(33-35-43)44(46)48-36-37(3)5-2/h24-35,37H,4-23,36H2,1-3H3. The quantitative estimate of drug-likeness (QED) is 0.0485.